The average molecular weight is 236 g/mol. The maximum Gasteiger partial charge on any atom is 0.418 e. The number of nitrogen functional groups attached to an aromatic ring is 1. The summed E-state index contributed by atoms with van der Waals surface area (Å²) in [5.41, 5.74) is 2.51. The van der Waals surface area contributed by atoms with E-state index in [1.165, 1.54) is 0 Å². The molecule has 0 saturated carbocycles. The predicted molar refractivity (Wildman–Crippen MR) is 49.1 cm³/mol. The molecule has 0 aliphatic rings. The van der Waals surface area contributed by atoms with E-state index in [4.69, 9.17) is 5.73 Å². The summed E-state index contributed by atoms with van der Waals surface area (Å²) in [6, 6.07) is 1.21. The van der Waals surface area contributed by atoms with Crippen LogP contribution in [0.25, 0.3) is 0 Å². The Morgan fingerprint density at radius 3 is 2.38 bits per heavy atom. The van der Waals surface area contributed by atoms with E-state index in [0.29, 0.717) is 6.07 Å². The van der Waals surface area contributed by atoms with Gasteiger partial charge in [-0.1, -0.05) is 0 Å². The van der Waals surface area contributed by atoms with Crippen LogP contribution in [0.4, 0.5) is 24.5 Å². The van der Waals surface area contributed by atoms with Gasteiger partial charge in [0.25, 0.3) is 5.69 Å². The lowest BCUT2D eigenvalue weighted by molar-refractivity contribution is -0.385. The molecule has 0 radical (unpaired) electrons. The summed E-state index contributed by atoms with van der Waals surface area (Å²) in [5, 5.41) is 10.4. The van der Waals surface area contributed by atoms with Gasteiger partial charge in [-0.05, 0) is 0 Å². The van der Waals surface area contributed by atoms with Crippen LogP contribution in [0.1, 0.15) is 5.56 Å². The van der Waals surface area contributed by atoms with Crippen molar-refractivity contribution in [2.24, 2.45) is 0 Å². The Labute approximate surface area is 87.8 Å². The molecule has 0 aliphatic carbocycles. The maximum atomic E-state index is 12.5. The lowest BCUT2D eigenvalue weighted by Crippen LogP contribution is -2.10. The number of nitrogens with two attached hydrogens (primary N) is 1. The van der Waals surface area contributed by atoms with Crippen LogP contribution in [0.2, 0.25) is 0 Å². The third kappa shape index (κ3) is 2.15. The minimum Gasteiger partial charge on any atom is -0.494 e. The Balaban J connectivity index is 3.48. The van der Waals surface area contributed by atoms with Crippen molar-refractivity contribution in [2.75, 3.05) is 12.8 Å². The number of nitro benzene ring substituents is 1. The molecule has 1 aromatic rings. The number of non-ortho nitro benzene ring substituents is 1. The predicted octanol–water partition coefficient (Wildman–Crippen LogP) is 2.20. The summed E-state index contributed by atoms with van der Waals surface area (Å²) in [7, 11) is 1.08. The first-order valence-corrected chi connectivity index (χ1v) is 3.96. The number of ether oxygens (including phenoxy) is 1. The molecule has 0 bridgehead atoms. The molecule has 0 spiro atoms. The zero-order chi connectivity index (χ0) is 12.5. The highest BCUT2D eigenvalue weighted by atomic mass is 19.4. The molecule has 2 N–H and O–H groups in total. The molecular weight excluding hydrogens is 229 g/mol. The van der Waals surface area contributed by atoms with Crippen LogP contribution in [0.15, 0.2) is 12.1 Å². The number of nitro groups is 1. The smallest absolute Gasteiger partial charge is 0.418 e. The molecule has 1 aromatic carbocycles. The molecule has 5 nitrogen and oxygen atoms in total. The van der Waals surface area contributed by atoms with E-state index in [9.17, 15) is 23.3 Å². The van der Waals surface area contributed by atoms with E-state index in [1.807, 2.05) is 0 Å². The number of anilines is 1. The molecule has 0 aliphatic heterocycles. The van der Waals surface area contributed by atoms with E-state index in [2.05, 4.69) is 4.74 Å². The Morgan fingerprint density at radius 1 is 1.44 bits per heavy atom. The number of nitrogens with zero attached hydrogens (tertiary/aromatic N) is 1. The molecule has 0 unspecified atom stereocenters. The normalized spacial score (nSPS) is 11.2. The minimum atomic E-state index is -4.76. The Bertz CT molecular complexity index is 431. The highest BCUT2D eigenvalue weighted by molar-refractivity contribution is 5.64. The lowest BCUT2D eigenvalue weighted by atomic mass is 10.1. The highest BCUT2D eigenvalue weighted by Crippen LogP contribution is 2.40. The van der Waals surface area contributed by atoms with Gasteiger partial charge in [-0.25, -0.2) is 0 Å². The van der Waals surface area contributed by atoms with Gasteiger partial charge in [0.15, 0.2) is 0 Å². The van der Waals surface area contributed by atoms with Gasteiger partial charge in [0.1, 0.15) is 5.75 Å². The van der Waals surface area contributed by atoms with Crippen LogP contribution >= 0.6 is 0 Å². The summed E-state index contributed by atoms with van der Waals surface area (Å²) >= 11 is 0. The van der Waals surface area contributed by atoms with Gasteiger partial charge in [-0.15, -0.1) is 0 Å². The van der Waals surface area contributed by atoms with E-state index < -0.39 is 28.0 Å². The van der Waals surface area contributed by atoms with Gasteiger partial charge in [-0.3, -0.25) is 10.1 Å². The zero-order valence-electron chi connectivity index (χ0n) is 8.04. The molecule has 0 heterocycles. The first-order valence-electron chi connectivity index (χ1n) is 3.96. The first-order chi connectivity index (χ1) is 7.27. The highest BCUT2D eigenvalue weighted by Gasteiger charge is 2.36. The second-order valence-corrected chi connectivity index (χ2v) is 2.86. The van der Waals surface area contributed by atoms with E-state index in [1.54, 1.807) is 0 Å². The molecule has 0 fully saturated rings. The van der Waals surface area contributed by atoms with Gasteiger partial charge in [0, 0.05) is 6.07 Å². The molecule has 0 amide bonds. The molecule has 88 valence electrons. The van der Waals surface area contributed by atoms with Crippen LogP contribution in [-0.4, -0.2) is 12.0 Å². The summed E-state index contributed by atoms with van der Waals surface area (Å²) in [6.45, 7) is 0. The van der Waals surface area contributed by atoms with Gasteiger partial charge < -0.3 is 10.5 Å². The SMILES string of the molecule is COc1cc([N+](=O)[O-])cc(C(F)(F)F)c1N. The second-order valence-electron chi connectivity index (χ2n) is 2.86. The van der Waals surface area contributed by atoms with Crippen molar-refractivity contribution in [3.63, 3.8) is 0 Å². The first kappa shape index (κ1) is 12.1. The number of halogens is 3. The third-order valence-electron chi connectivity index (χ3n) is 1.86. The maximum absolute atomic E-state index is 12.5. The van der Waals surface area contributed by atoms with Crippen LogP contribution in [0.5, 0.6) is 5.75 Å². The van der Waals surface area contributed by atoms with Crippen LogP contribution < -0.4 is 10.5 Å². The largest absolute Gasteiger partial charge is 0.494 e. The van der Waals surface area contributed by atoms with Crippen molar-refractivity contribution in [3.8, 4) is 5.75 Å². The fourth-order valence-corrected chi connectivity index (χ4v) is 1.12. The van der Waals surface area contributed by atoms with Crippen molar-refractivity contribution < 1.29 is 22.8 Å². The van der Waals surface area contributed by atoms with E-state index in [-0.39, 0.29) is 5.75 Å². The monoisotopic (exact) mass is 236 g/mol. The van der Waals surface area contributed by atoms with Gasteiger partial charge in [0.2, 0.25) is 0 Å². The lowest BCUT2D eigenvalue weighted by Gasteiger charge is -2.12. The Kier molecular flexibility index (Phi) is 2.92. The number of rotatable bonds is 2. The topological polar surface area (TPSA) is 78.4 Å². The molecule has 8 heteroatoms. The van der Waals surface area contributed by atoms with Crippen molar-refractivity contribution in [3.05, 3.63) is 27.8 Å². The van der Waals surface area contributed by atoms with Gasteiger partial charge in [0.05, 0.1) is 29.4 Å². The zero-order valence-corrected chi connectivity index (χ0v) is 8.04. The van der Waals surface area contributed by atoms with Crippen molar-refractivity contribution in [2.45, 2.75) is 6.18 Å². The number of benzene rings is 1. The molecule has 0 aromatic heterocycles. The molecule has 0 saturated heterocycles. The van der Waals surface area contributed by atoms with Gasteiger partial charge >= 0.3 is 6.18 Å². The fourth-order valence-electron chi connectivity index (χ4n) is 1.12. The quantitative estimate of drug-likeness (QED) is 0.485. The molecule has 16 heavy (non-hydrogen) atoms. The summed E-state index contributed by atoms with van der Waals surface area (Å²) in [4.78, 5) is 9.45. The van der Waals surface area contributed by atoms with Crippen molar-refractivity contribution in [1.29, 1.82) is 0 Å². The molecule has 0 atom stereocenters. The minimum absolute atomic E-state index is 0.373. The summed E-state index contributed by atoms with van der Waals surface area (Å²) in [6.07, 6.45) is -4.76. The third-order valence-corrected chi connectivity index (χ3v) is 1.86. The van der Waals surface area contributed by atoms with Crippen molar-refractivity contribution in [1.82, 2.24) is 0 Å². The fraction of sp³-hybridized carbons (Fsp3) is 0.250. The summed E-state index contributed by atoms with van der Waals surface area (Å²) < 4.78 is 41.9. The standard InChI is InChI=1S/C8H7F3N2O3/c1-16-6-3-4(13(14)15)2-5(7(6)12)8(9,10)11/h2-3H,12H2,1H3. The number of alkyl halides is 3. The molecular formula is C8H7F3N2O3. The number of hydrogen-bond donors (Lipinski definition) is 1. The van der Waals surface area contributed by atoms with Crippen LogP contribution in [0.3, 0.4) is 0 Å². The Morgan fingerprint density at radius 2 is 2.00 bits per heavy atom. The van der Waals surface area contributed by atoms with Crippen molar-refractivity contribution >= 4 is 11.4 Å². The van der Waals surface area contributed by atoms with E-state index >= 15 is 0 Å². The Hall–Kier alpha value is -1.99. The number of methoxy groups -OCH3 is 1. The molecule has 1 rings (SSSR count). The number of hydrogen-bond acceptors (Lipinski definition) is 4. The van der Waals surface area contributed by atoms with Crippen LogP contribution in [0, 0.1) is 10.1 Å². The van der Waals surface area contributed by atoms with Crippen LogP contribution in [-0.2, 0) is 6.18 Å². The second kappa shape index (κ2) is 3.87. The van der Waals surface area contributed by atoms with Gasteiger partial charge in [-0.2, -0.15) is 13.2 Å². The summed E-state index contributed by atoms with van der Waals surface area (Å²) in [5.74, 6) is -0.374. The van der Waals surface area contributed by atoms with E-state index in [0.717, 1.165) is 13.2 Å². The average Bonchev–Trinajstić information content (AvgIpc) is 2.15.